The zero-order chi connectivity index (χ0) is 25.4. The maximum atomic E-state index is 8.94. The lowest BCUT2D eigenvalue weighted by Gasteiger charge is -2.11. The first-order valence-electron chi connectivity index (χ1n) is 10.6. The molecule has 2 saturated heterocycles. The quantitative estimate of drug-likeness (QED) is 0.171. The number of ether oxygens (including phenoxy) is 4. The molecular weight excluding hydrogens is 480 g/mol. The van der Waals surface area contributed by atoms with Gasteiger partial charge in [0.1, 0.15) is 11.0 Å². The van der Waals surface area contributed by atoms with Gasteiger partial charge in [-0.25, -0.2) is 9.97 Å². The zero-order valence-corrected chi connectivity index (χ0v) is 18.7. The van der Waals surface area contributed by atoms with Crippen LogP contribution in [0.2, 0.25) is 0 Å². The maximum Gasteiger partial charge on any atom is 0.224 e. The molecule has 18 heteroatoms. The molecule has 10 N–H and O–H groups in total. The molecule has 0 radical (unpaired) electrons. The Kier molecular flexibility index (Phi) is 6.35. The van der Waals surface area contributed by atoms with E-state index in [4.69, 9.17) is 52.1 Å². The number of hydrogen-bond acceptors (Lipinski definition) is 16. The number of rotatable bonds is 4. The van der Waals surface area contributed by atoms with Crippen LogP contribution >= 0.6 is 0 Å². The predicted octanol–water partition coefficient (Wildman–Crippen LogP) is -2.29. The Morgan fingerprint density at radius 3 is 1.50 bits per heavy atom. The first kappa shape index (κ1) is 23.8. The van der Waals surface area contributed by atoms with Crippen LogP contribution in [0.25, 0.3) is 22.3 Å². The Balaban J connectivity index is 0.000000148. The van der Waals surface area contributed by atoms with Crippen LogP contribution in [0, 0.1) is 0 Å². The Bertz CT molecular complexity index is 1270. The molecule has 4 aromatic rings. The van der Waals surface area contributed by atoms with Gasteiger partial charge in [-0.2, -0.15) is 19.9 Å². The normalized spacial score (nSPS) is 23.8. The number of nitrogens with zero attached hydrogens (tertiary/aromatic N) is 8. The highest BCUT2D eigenvalue weighted by molar-refractivity contribution is 5.83. The molecule has 192 valence electrons. The van der Waals surface area contributed by atoms with E-state index in [2.05, 4.69) is 29.9 Å². The second-order valence-corrected chi connectivity index (χ2v) is 7.65. The number of hydrogen-bond donors (Lipinski definition) is 6. The topological polar surface area (TPSA) is 269 Å². The van der Waals surface area contributed by atoms with Gasteiger partial charge in [-0.1, -0.05) is 0 Å². The number of aliphatic hydroxyl groups is 2. The lowest BCUT2D eigenvalue weighted by atomic mass is 10.5. The summed E-state index contributed by atoms with van der Waals surface area (Å²) in [5.41, 5.74) is 24.4. The van der Waals surface area contributed by atoms with Crippen molar-refractivity contribution in [2.75, 3.05) is 49.4 Å². The van der Waals surface area contributed by atoms with E-state index in [9.17, 15) is 0 Å². The maximum absolute atomic E-state index is 8.94. The largest absolute Gasteiger partial charge is 0.391 e. The first-order chi connectivity index (χ1) is 17.4. The minimum atomic E-state index is -0.635. The number of anilines is 4. The van der Waals surface area contributed by atoms with Crippen molar-refractivity contribution < 1.29 is 29.2 Å². The number of imidazole rings is 2. The molecule has 4 atom stereocenters. The molecule has 2 aliphatic rings. The van der Waals surface area contributed by atoms with Crippen LogP contribution in [0.4, 0.5) is 23.5 Å². The van der Waals surface area contributed by atoms with Gasteiger partial charge in [-0.3, -0.25) is 9.13 Å². The van der Waals surface area contributed by atoms with Crippen LogP contribution in [-0.2, 0) is 18.9 Å². The predicted molar refractivity (Wildman–Crippen MR) is 122 cm³/mol. The summed E-state index contributed by atoms with van der Waals surface area (Å²) >= 11 is 0. The van der Waals surface area contributed by atoms with Gasteiger partial charge in [-0.05, 0) is 0 Å². The molecular formula is C18H24N12O6. The molecule has 6 rings (SSSR count). The van der Waals surface area contributed by atoms with Crippen molar-refractivity contribution in [3.05, 3.63) is 12.7 Å². The van der Waals surface area contributed by atoms with Crippen LogP contribution in [-0.4, -0.2) is 88.3 Å². The van der Waals surface area contributed by atoms with Crippen molar-refractivity contribution in [2.24, 2.45) is 0 Å². The van der Waals surface area contributed by atoms with Crippen LogP contribution in [0.5, 0.6) is 0 Å². The van der Waals surface area contributed by atoms with Gasteiger partial charge < -0.3 is 52.1 Å². The average molecular weight is 504 g/mol. The van der Waals surface area contributed by atoms with E-state index in [0.717, 1.165) is 0 Å². The van der Waals surface area contributed by atoms with Crippen molar-refractivity contribution in [3.63, 3.8) is 0 Å². The summed E-state index contributed by atoms with van der Waals surface area (Å²) in [5, 5.41) is 17.9. The summed E-state index contributed by atoms with van der Waals surface area (Å²) in [6.45, 7) is 0.172. The molecule has 4 aromatic heterocycles. The number of aromatic nitrogens is 8. The van der Waals surface area contributed by atoms with Gasteiger partial charge in [0.05, 0.1) is 39.1 Å². The first-order valence-corrected chi connectivity index (χ1v) is 10.6. The molecule has 0 spiro atoms. The minimum Gasteiger partial charge on any atom is -0.391 e. The Morgan fingerprint density at radius 2 is 1.14 bits per heavy atom. The highest BCUT2D eigenvalue weighted by Gasteiger charge is 2.29. The number of aliphatic hydroxyl groups excluding tert-OH is 2. The van der Waals surface area contributed by atoms with Crippen LogP contribution in [0.1, 0.15) is 12.5 Å². The molecule has 2 aliphatic heterocycles. The van der Waals surface area contributed by atoms with Gasteiger partial charge in [0.15, 0.2) is 48.0 Å². The summed E-state index contributed by atoms with van der Waals surface area (Å²) in [7, 11) is 0. The van der Waals surface area contributed by atoms with E-state index in [1.807, 2.05) is 0 Å². The van der Waals surface area contributed by atoms with Crippen molar-refractivity contribution in [1.82, 2.24) is 39.0 Å². The van der Waals surface area contributed by atoms with E-state index in [1.54, 1.807) is 9.13 Å². The zero-order valence-electron chi connectivity index (χ0n) is 18.7. The molecule has 0 saturated carbocycles. The lowest BCUT2D eigenvalue weighted by molar-refractivity contribution is -0.0981. The van der Waals surface area contributed by atoms with Crippen LogP contribution in [0.15, 0.2) is 12.7 Å². The number of nitrogens with two attached hydrogens (primary N) is 4. The van der Waals surface area contributed by atoms with Gasteiger partial charge >= 0.3 is 0 Å². The monoisotopic (exact) mass is 504 g/mol. The average Bonchev–Trinajstić information content (AvgIpc) is 3.63. The molecule has 0 bridgehead atoms. The summed E-state index contributed by atoms with van der Waals surface area (Å²) in [6, 6.07) is 0. The van der Waals surface area contributed by atoms with Crippen LogP contribution < -0.4 is 22.9 Å². The third-order valence-corrected chi connectivity index (χ3v) is 5.32. The standard InChI is InChI=1S/2C9H12N6O3/c2*10-7-6-8(14-9(11)13-7)15(3-12-6)4-2-17-5(1-16)18-4/h2*3-5,16H,1-2H2,(H4,10,11,13,14)/t2*4-,5-/m11/s1. The van der Waals surface area contributed by atoms with E-state index in [-0.39, 0.29) is 36.7 Å². The van der Waals surface area contributed by atoms with Crippen molar-refractivity contribution in [3.8, 4) is 0 Å². The second-order valence-electron chi connectivity index (χ2n) is 7.65. The number of fused-ring (bicyclic) bond motifs is 2. The Labute approximate surface area is 201 Å². The van der Waals surface area contributed by atoms with Gasteiger partial charge in [0.2, 0.25) is 11.9 Å². The molecule has 2 fully saturated rings. The summed E-state index contributed by atoms with van der Waals surface area (Å²) in [5.74, 6) is 0.571. The van der Waals surface area contributed by atoms with Gasteiger partial charge in [0.25, 0.3) is 0 Å². The molecule has 6 heterocycles. The van der Waals surface area contributed by atoms with E-state index >= 15 is 0 Å². The van der Waals surface area contributed by atoms with Gasteiger partial charge in [-0.15, -0.1) is 0 Å². The summed E-state index contributed by atoms with van der Waals surface area (Å²) in [6.07, 6.45) is 0.959. The second kappa shape index (κ2) is 9.60. The van der Waals surface area contributed by atoms with E-state index in [0.29, 0.717) is 35.5 Å². The van der Waals surface area contributed by atoms with E-state index < -0.39 is 25.0 Å². The van der Waals surface area contributed by atoms with Gasteiger partial charge in [0, 0.05) is 0 Å². The molecule has 0 aliphatic carbocycles. The third-order valence-electron chi connectivity index (χ3n) is 5.32. The molecule has 0 aromatic carbocycles. The minimum absolute atomic E-state index is 0.0689. The fourth-order valence-corrected chi connectivity index (χ4v) is 3.70. The molecule has 18 nitrogen and oxygen atoms in total. The van der Waals surface area contributed by atoms with Crippen molar-refractivity contribution in [2.45, 2.75) is 25.0 Å². The molecule has 0 amide bonds. The van der Waals surface area contributed by atoms with Crippen molar-refractivity contribution >= 4 is 45.9 Å². The fraction of sp³-hybridized carbons (Fsp3) is 0.444. The third kappa shape index (κ3) is 4.39. The molecule has 0 unspecified atom stereocenters. The van der Waals surface area contributed by atoms with Crippen molar-refractivity contribution in [1.29, 1.82) is 0 Å². The van der Waals surface area contributed by atoms with E-state index in [1.165, 1.54) is 12.7 Å². The smallest absolute Gasteiger partial charge is 0.224 e. The highest BCUT2D eigenvalue weighted by atomic mass is 16.7. The van der Waals surface area contributed by atoms with Crippen LogP contribution in [0.3, 0.4) is 0 Å². The summed E-state index contributed by atoms with van der Waals surface area (Å²) < 4.78 is 24.6. The number of nitrogen functional groups attached to an aromatic ring is 4. The highest BCUT2D eigenvalue weighted by Crippen LogP contribution is 2.27. The lowest BCUT2D eigenvalue weighted by Crippen LogP contribution is -2.15. The molecule has 36 heavy (non-hydrogen) atoms. The fourth-order valence-electron chi connectivity index (χ4n) is 3.70. The summed E-state index contributed by atoms with van der Waals surface area (Å²) in [4.78, 5) is 24.0. The Hall–Kier alpha value is -3.94. The SMILES string of the molecule is Nc1nc(N)c2ncn([C@H]3CO[C@@H](CO)O3)c2n1.Nc1nc(N)c2ncn([C@H]3CO[C@@H](CO)O3)c2n1. The Morgan fingerprint density at radius 1 is 0.722 bits per heavy atom.